The first kappa shape index (κ1) is 58.7. The van der Waals surface area contributed by atoms with Crippen LogP contribution in [0.5, 0.6) is 0 Å². The van der Waals surface area contributed by atoms with Gasteiger partial charge >= 0.3 is 19.8 Å². The number of allylic oxidation sites excluding steroid dienone is 2. The van der Waals surface area contributed by atoms with Gasteiger partial charge in [-0.3, -0.25) is 18.6 Å². The summed E-state index contributed by atoms with van der Waals surface area (Å²) < 4.78 is 32.8. The van der Waals surface area contributed by atoms with Gasteiger partial charge in [0.1, 0.15) is 12.7 Å². The maximum atomic E-state index is 12.6. The smallest absolute Gasteiger partial charge is 0.462 e. The number of aliphatic hydroxyl groups excluding tert-OH is 2. The Kier molecular flexibility index (Phi) is 44.7. The quantitative estimate of drug-likeness (QED) is 0.0233. The number of aliphatic hydroxyl groups is 2. The number of carbonyl (C=O) groups is 2. The number of hydrogen-bond acceptors (Lipinski definition) is 9. The molecule has 0 aromatic carbocycles. The SMILES string of the molecule is CCCCCC/C=C\CCCCCCCC(=O)OC(COC(=O)CCCCCCCCCCCCCCCCCCCCCCCCCC)COP(=O)(O)OCC(O)CO. The average Bonchev–Trinajstić information content (AvgIpc) is 3.24. The fourth-order valence-electron chi connectivity index (χ4n) is 7.28. The predicted octanol–water partition coefficient (Wildman–Crippen LogP) is 14.0. The van der Waals surface area contributed by atoms with Crippen molar-refractivity contribution in [2.24, 2.45) is 0 Å². The highest BCUT2D eigenvalue weighted by molar-refractivity contribution is 7.47. The Labute approximate surface area is 368 Å². The Morgan fingerprint density at radius 3 is 1.22 bits per heavy atom. The van der Waals surface area contributed by atoms with Crippen LogP contribution in [0.15, 0.2) is 12.2 Å². The van der Waals surface area contributed by atoms with Crippen molar-refractivity contribution in [2.45, 2.75) is 264 Å². The van der Waals surface area contributed by atoms with Gasteiger partial charge in [-0.15, -0.1) is 0 Å². The molecule has 0 aromatic rings. The van der Waals surface area contributed by atoms with E-state index in [9.17, 15) is 24.2 Å². The summed E-state index contributed by atoms with van der Waals surface area (Å²) in [5, 5.41) is 18.4. The molecule has 3 unspecified atom stereocenters. The van der Waals surface area contributed by atoms with Gasteiger partial charge in [0.05, 0.1) is 19.8 Å². The van der Waals surface area contributed by atoms with E-state index in [-0.39, 0.29) is 19.4 Å². The Hall–Kier alpha value is -1.29. The van der Waals surface area contributed by atoms with E-state index >= 15 is 0 Å². The van der Waals surface area contributed by atoms with Crippen molar-refractivity contribution < 1.29 is 47.8 Å². The molecule has 0 fully saturated rings. The van der Waals surface area contributed by atoms with Crippen LogP contribution in [0, 0.1) is 0 Å². The molecule has 0 saturated carbocycles. The van der Waals surface area contributed by atoms with Crippen LogP contribution in [0.4, 0.5) is 0 Å². The molecule has 0 spiro atoms. The summed E-state index contributed by atoms with van der Waals surface area (Å²) in [7, 11) is -4.62. The number of hydrogen-bond donors (Lipinski definition) is 3. The number of carbonyl (C=O) groups excluding carboxylic acids is 2. The number of rotatable bonds is 48. The zero-order valence-electron chi connectivity index (χ0n) is 38.9. The van der Waals surface area contributed by atoms with Gasteiger partial charge in [0, 0.05) is 12.8 Å². The highest BCUT2D eigenvalue weighted by Crippen LogP contribution is 2.43. The van der Waals surface area contributed by atoms with Crippen LogP contribution < -0.4 is 0 Å². The third-order valence-corrected chi connectivity index (χ3v) is 12.1. The van der Waals surface area contributed by atoms with Gasteiger partial charge in [-0.1, -0.05) is 212 Å². The summed E-state index contributed by atoms with van der Waals surface area (Å²) in [5.41, 5.74) is 0. The fourth-order valence-corrected chi connectivity index (χ4v) is 8.07. The van der Waals surface area contributed by atoms with Crippen LogP contribution in [0.3, 0.4) is 0 Å². The summed E-state index contributed by atoms with van der Waals surface area (Å²) in [6.07, 6.45) is 46.2. The lowest BCUT2D eigenvalue weighted by Gasteiger charge is -2.20. The monoisotopic (exact) mass is 875 g/mol. The molecule has 356 valence electrons. The molecule has 3 N–H and O–H groups in total. The number of phosphoric ester groups is 1. The average molecular weight is 875 g/mol. The fraction of sp³-hybridized carbons (Fsp3) is 0.918. The molecule has 11 heteroatoms. The zero-order valence-corrected chi connectivity index (χ0v) is 39.8. The van der Waals surface area contributed by atoms with E-state index in [2.05, 4.69) is 26.0 Å². The van der Waals surface area contributed by atoms with E-state index in [1.807, 2.05) is 0 Å². The van der Waals surface area contributed by atoms with Crippen LogP contribution >= 0.6 is 7.82 Å². The van der Waals surface area contributed by atoms with Crippen LogP contribution in [0.2, 0.25) is 0 Å². The normalized spacial score (nSPS) is 13.8. The molecular formula is C49H95O10P. The van der Waals surface area contributed by atoms with Gasteiger partial charge in [-0.05, 0) is 38.5 Å². The third-order valence-electron chi connectivity index (χ3n) is 11.2. The maximum absolute atomic E-state index is 12.6. The summed E-state index contributed by atoms with van der Waals surface area (Å²) >= 11 is 0. The highest BCUT2D eigenvalue weighted by atomic mass is 31.2. The van der Waals surface area contributed by atoms with Crippen LogP contribution in [-0.4, -0.2) is 65.7 Å². The Morgan fingerprint density at radius 2 is 0.817 bits per heavy atom. The standard InChI is InChI=1S/C49H95O10P/c1-3-5-7-9-11-13-15-17-18-19-20-21-22-23-24-25-26-27-29-30-32-34-36-38-40-48(52)56-44-47(45-58-60(54,55)57-43-46(51)42-50)59-49(53)41-39-37-35-33-31-28-16-14-12-10-8-6-4-2/h14,16,46-47,50-51H,3-13,15,17-45H2,1-2H3,(H,54,55)/b16-14-. The lowest BCUT2D eigenvalue weighted by atomic mass is 10.0. The molecule has 0 aliphatic heterocycles. The summed E-state index contributed by atoms with van der Waals surface area (Å²) in [6, 6.07) is 0. The van der Waals surface area contributed by atoms with Crippen molar-refractivity contribution >= 4 is 19.8 Å². The number of esters is 2. The molecule has 0 amide bonds. The molecule has 0 bridgehead atoms. The molecule has 10 nitrogen and oxygen atoms in total. The Bertz CT molecular complexity index is 1010. The van der Waals surface area contributed by atoms with Crippen molar-refractivity contribution in [1.29, 1.82) is 0 Å². The minimum Gasteiger partial charge on any atom is -0.462 e. The van der Waals surface area contributed by atoms with Gasteiger partial charge < -0.3 is 24.6 Å². The summed E-state index contributed by atoms with van der Waals surface area (Å²) in [6.45, 7) is 2.40. The first-order valence-electron chi connectivity index (χ1n) is 25.1. The van der Waals surface area contributed by atoms with E-state index < -0.39 is 51.8 Å². The Morgan fingerprint density at radius 1 is 0.483 bits per heavy atom. The molecule has 3 atom stereocenters. The van der Waals surface area contributed by atoms with Crippen LogP contribution in [0.1, 0.15) is 251 Å². The summed E-state index contributed by atoms with van der Waals surface area (Å²) in [5.74, 6) is -0.921. The van der Waals surface area contributed by atoms with Gasteiger partial charge in [0.15, 0.2) is 6.10 Å². The number of ether oxygens (including phenoxy) is 2. The largest absolute Gasteiger partial charge is 0.472 e. The third kappa shape index (κ3) is 44.8. The lowest BCUT2D eigenvalue weighted by molar-refractivity contribution is -0.161. The maximum Gasteiger partial charge on any atom is 0.472 e. The van der Waals surface area contributed by atoms with Crippen molar-refractivity contribution in [3.8, 4) is 0 Å². The molecule has 0 radical (unpaired) electrons. The van der Waals surface area contributed by atoms with E-state index in [0.29, 0.717) is 12.8 Å². The van der Waals surface area contributed by atoms with E-state index in [4.69, 9.17) is 23.6 Å². The van der Waals surface area contributed by atoms with Crippen molar-refractivity contribution in [2.75, 3.05) is 26.4 Å². The molecule has 0 saturated heterocycles. The molecule has 0 heterocycles. The van der Waals surface area contributed by atoms with Crippen LogP contribution in [-0.2, 0) is 32.7 Å². The second-order valence-electron chi connectivity index (χ2n) is 17.2. The second kappa shape index (κ2) is 45.7. The number of phosphoric acid groups is 1. The molecule has 0 aliphatic rings. The van der Waals surface area contributed by atoms with E-state index in [1.165, 1.54) is 161 Å². The molecule has 0 aromatic heterocycles. The minimum atomic E-state index is -4.62. The Balaban J connectivity index is 4.07. The molecule has 0 rings (SSSR count). The number of unbranched alkanes of at least 4 members (excludes halogenated alkanes) is 32. The topological polar surface area (TPSA) is 149 Å². The summed E-state index contributed by atoms with van der Waals surface area (Å²) in [4.78, 5) is 35.1. The molecule has 60 heavy (non-hydrogen) atoms. The van der Waals surface area contributed by atoms with Gasteiger partial charge in [0.25, 0.3) is 0 Å². The molecular weight excluding hydrogens is 780 g/mol. The van der Waals surface area contributed by atoms with Gasteiger partial charge in [0.2, 0.25) is 0 Å². The van der Waals surface area contributed by atoms with Crippen LogP contribution in [0.25, 0.3) is 0 Å². The van der Waals surface area contributed by atoms with Crippen molar-refractivity contribution in [1.82, 2.24) is 0 Å². The second-order valence-corrected chi connectivity index (χ2v) is 18.7. The highest BCUT2D eigenvalue weighted by Gasteiger charge is 2.27. The van der Waals surface area contributed by atoms with Crippen molar-refractivity contribution in [3.05, 3.63) is 12.2 Å². The van der Waals surface area contributed by atoms with Crippen molar-refractivity contribution in [3.63, 3.8) is 0 Å². The first-order valence-corrected chi connectivity index (χ1v) is 26.6. The molecule has 0 aliphatic carbocycles. The van der Waals surface area contributed by atoms with Gasteiger partial charge in [-0.25, -0.2) is 4.57 Å². The predicted molar refractivity (Wildman–Crippen MR) is 247 cm³/mol. The van der Waals surface area contributed by atoms with E-state index in [1.54, 1.807) is 0 Å². The minimum absolute atomic E-state index is 0.178. The van der Waals surface area contributed by atoms with E-state index in [0.717, 1.165) is 51.4 Å². The zero-order chi connectivity index (χ0) is 44.0. The lowest BCUT2D eigenvalue weighted by Crippen LogP contribution is -2.29. The van der Waals surface area contributed by atoms with Gasteiger partial charge in [-0.2, -0.15) is 0 Å². The first-order chi connectivity index (χ1) is 29.2.